The highest BCUT2D eigenvalue weighted by Gasteiger charge is 2.46. The van der Waals surface area contributed by atoms with Gasteiger partial charge in [-0.1, -0.05) is 47.6 Å². The second-order valence-corrected chi connectivity index (χ2v) is 11.4. The lowest BCUT2D eigenvalue weighted by Crippen LogP contribution is -2.45. The van der Waals surface area contributed by atoms with Crippen LogP contribution >= 0.6 is 23.4 Å². The Balaban J connectivity index is 1.20. The first-order valence-corrected chi connectivity index (χ1v) is 13.9. The smallest absolute Gasteiger partial charge is 0.271 e. The summed E-state index contributed by atoms with van der Waals surface area (Å²) < 4.78 is 1.68. The van der Waals surface area contributed by atoms with Crippen LogP contribution in [0.2, 0.25) is 5.02 Å². The lowest BCUT2D eigenvalue weighted by molar-refractivity contribution is 0.0994. The molecule has 0 unspecified atom stereocenters. The summed E-state index contributed by atoms with van der Waals surface area (Å²) in [5.41, 5.74) is 15.3. The first-order valence-electron chi connectivity index (χ1n) is 12.7. The van der Waals surface area contributed by atoms with Crippen LogP contribution in [0.5, 0.6) is 0 Å². The van der Waals surface area contributed by atoms with Crippen LogP contribution < -0.4 is 21.7 Å². The summed E-state index contributed by atoms with van der Waals surface area (Å²) in [6.07, 6.45) is 7.77. The Bertz CT molecular complexity index is 1550. The Morgan fingerprint density at radius 1 is 1.15 bits per heavy atom. The highest BCUT2D eigenvalue weighted by molar-refractivity contribution is 7.99. The maximum atomic E-state index is 12.5. The molecule has 0 saturated carbocycles. The van der Waals surface area contributed by atoms with E-state index in [9.17, 15) is 4.79 Å². The number of hydrogen-bond donors (Lipinski definition) is 3. The van der Waals surface area contributed by atoms with E-state index in [4.69, 9.17) is 23.1 Å². The summed E-state index contributed by atoms with van der Waals surface area (Å²) in [6.45, 7) is 1.45. The number of carbonyl (C=O) groups is 1. The minimum atomic E-state index is -0.621. The van der Waals surface area contributed by atoms with Gasteiger partial charge < -0.3 is 21.7 Å². The second-order valence-electron chi connectivity index (χ2n) is 9.99. The minimum Gasteiger partial charge on any atom is -0.364 e. The van der Waals surface area contributed by atoms with Crippen molar-refractivity contribution in [2.45, 2.75) is 35.2 Å². The van der Waals surface area contributed by atoms with E-state index in [1.54, 1.807) is 29.3 Å². The number of nitrogens with one attached hydrogen (secondary N) is 1. The van der Waals surface area contributed by atoms with Gasteiger partial charge in [-0.15, -0.1) is 0 Å². The van der Waals surface area contributed by atoms with Crippen molar-refractivity contribution >= 4 is 46.7 Å². The van der Waals surface area contributed by atoms with Crippen molar-refractivity contribution in [2.75, 3.05) is 23.3 Å². The van der Waals surface area contributed by atoms with Crippen molar-refractivity contribution in [2.24, 2.45) is 23.9 Å². The average Bonchev–Trinajstić information content (AvgIpc) is 3.46. The van der Waals surface area contributed by atoms with Crippen LogP contribution in [0.15, 0.2) is 64.9 Å². The number of primary amides is 1. The normalized spacial score (nSPS) is 17.8. The predicted octanol–water partition coefficient (Wildman–Crippen LogP) is 4.09. The Kier molecular flexibility index (Phi) is 6.66. The second kappa shape index (κ2) is 10.1. The fourth-order valence-corrected chi connectivity index (χ4v) is 6.66. The molecule has 0 radical (unpaired) electrons. The highest BCUT2D eigenvalue weighted by Crippen LogP contribution is 2.51. The minimum absolute atomic E-state index is 0.0127. The quantitative estimate of drug-likeness (QED) is 0.317. The van der Waals surface area contributed by atoms with Crippen molar-refractivity contribution in [3.05, 3.63) is 76.8 Å². The van der Waals surface area contributed by atoms with E-state index in [-0.39, 0.29) is 17.2 Å². The molecular formula is C27H28ClN9OS. The van der Waals surface area contributed by atoms with Gasteiger partial charge in [0.25, 0.3) is 5.91 Å². The van der Waals surface area contributed by atoms with Crippen molar-refractivity contribution in [1.82, 2.24) is 24.7 Å². The molecule has 1 aliphatic heterocycles. The predicted molar refractivity (Wildman–Crippen MR) is 151 cm³/mol. The summed E-state index contributed by atoms with van der Waals surface area (Å²) >= 11 is 7.94. The number of halogens is 1. The van der Waals surface area contributed by atoms with E-state index in [0.29, 0.717) is 26.6 Å². The molecule has 1 saturated heterocycles. The van der Waals surface area contributed by atoms with E-state index >= 15 is 0 Å². The van der Waals surface area contributed by atoms with Crippen LogP contribution in [0.3, 0.4) is 0 Å². The van der Waals surface area contributed by atoms with Crippen LogP contribution in [-0.2, 0) is 13.5 Å². The van der Waals surface area contributed by atoms with Gasteiger partial charge in [0.15, 0.2) is 17.3 Å². The van der Waals surface area contributed by atoms with Gasteiger partial charge in [-0.25, -0.2) is 15.0 Å². The van der Waals surface area contributed by atoms with Gasteiger partial charge in [0, 0.05) is 43.3 Å². The first-order chi connectivity index (χ1) is 18.8. The SMILES string of the molecule is Cn1nccc1Nc1nccc(Sc2cnc(N3CCC4(CC3)Cc3ccccc3[C@H]4N)c(C(N)=O)n2)c1Cl. The van der Waals surface area contributed by atoms with Crippen molar-refractivity contribution in [1.29, 1.82) is 0 Å². The van der Waals surface area contributed by atoms with Crippen LogP contribution in [-0.4, -0.2) is 43.7 Å². The van der Waals surface area contributed by atoms with Crippen molar-refractivity contribution in [3.8, 4) is 0 Å². The zero-order valence-corrected chi connectivity index (χ0v) is 22.9. The standard InChI is InChI=1S/C27H28ClN9OS/c1-36-19(7-11-33-36)34-25-21(28)18(6-10-31-25)39-20-15-32-26(22(35-20)24(30)38)37-12-8-27(9-13-37)14-16-4-2-3-5-17(16)23(27)29/h2-7,10-11,15,23H,8-9,12-14,29H2,1H3,(H2,30,38)(H,31,34)/t23-/m1/s1. The summed E-state index contributed by atoms with van der Waals surface area (Å²) in [7, 11) is 1.82. The zero-order valence-electron chi connectivity index (χ0n) is 21.3. The van der Waals surface area contributed by atoms with Crippen LogP contribution in [0, 0.1) is 5.41 Å². The molecule has 1 fully saturated rings. The molecule has 39 heavy (non-hydrogen) atoms. The molecule has 1 amide bonds. The number of nitrogens with zero attached hydrogens (tertiary/aromatic N) is 6. The highest BCUT2D eigenvalue weighted by atomic mass is 35.5. The lowest BCUT2D eigenvalue weighted by atomic mass is 9.73. The number of nitrogens with two attached hydrogens (primary N) is 2. The molecule has 2 aliphatic rings. The van der Waals surface area contributed by atoms with Crippen molar-refractivity contribution < 1.29 is 4.79 Å². The number of piperidine rings is 1. The van der Waals surface area contributed by atoms with Gasteiger partial charge in [-0.3, -0.25) is 9.48 Å². The molecule has 200 valence electrons. The summed E-state index contributed by atoms with van der Waals surface area (Å²) in [5, 5.41) is 8.25. The van der Waals surface area contributed by atoms with E-state index in [2.05, 4.69) is 54.5 Å². The number of hydrogen-bond acceptors (Lipinski definition) is 9. The lowest BCUT2D eigenvalue weighted by Gasteiger charge is -2.42. The maximum Gasteiger partial charge on any atom is 0.271 e. The molecule has 1 aliphatic carbocycles. The number of benzene rings is 1. The third kappa shape index (κ3) is 4.70. The molecule has 4 heterocycles. The number of carbonyl (C=O) groups excluding carboxylic acids is 1. The molecule has 1 spiro atoms. The molecule has 3 aromatic heterocycles. The van der Waals surface area contributed by atoms with Gasteiger partial charge >= 0.3 is 0 Å². The topological polar surface area (TPSA) is 141 Å². The fraction of sp³-hybridized carbons (Fsp3) is 0.296. The Hall–Kier alpha value is -3.67. The van der Waals surface area contributed by atoms with E-state index in [1.807, 2.05) is 13.1 Å². The average molecular weight is 562 g/mol. The summed E-state index contributed by atoms with van der Waals surface area (Å²) in [6, 6.07) is 12.1. The van der Waals surface area contributed by atoms with E-state index in [1.165, 1.54) is 22.9 Å². The van der Waals surface area contributed by atoms with Crippen LogP contribution in [0.25, 0.3) is 0 Å². The monoisotopic (exact) mass is 561 g/mol. The van der Waals surface area contributed by atoms with Crippen molar-refractivity contribution in [3.63, 3.8) is 0 Å². The van der Waals surface area contributed by atoms with E-state index < -0.39 is 5.91 Å². The Morgan fingerprint density at radius 3 is 2.67 bits per heavy atom. The molecule has 5 N–H and O–H groups in total. The molecule has 4 aromatic rings. The van der Waals surface area contributed by atoms with Gasteiger partial charge in [-0.05, 0) is 41.9 Å². The molecule has 1 aromatic carbocycles. The van der Waals surface area contributed by atoms with E-state index in [0.717, 1.165) is 38.2 Å². The number of aryl methyl sites for hydroxylation is 1. The largest absolute Gasteiger partial charge is 0.364 e. The number of rotatable bonds is 6. The number of pyridine rings is 1. The maximum absolute atomic E-state index is 12.5. The van der Waals surface area contributed by atoms with Gasteiger partial charge in [0.2, 0.25) is 0 Å². The Labute approximate surface area is 235 Å². The fourth-order valence-electron chi connectivity index (χ4n) is 5.60. The number of aromatic nitrogens is 5. The molecule has 6 rings (SSSR count). The summed E-state index contributed by atoms with van der Waals surface area (Å²) in [5.74, 6) is 1.12. The number of amides is 1. The van der Waals surface area contributed by atoms with Gasteiger partial charge in [0.05, 0.1) is 17.4 Å². The molecule has 10 nitrogen and oxygen atoms in total. The third-order valence-corrected chi connectivity index (χ3v) is 9.21. The molecule has 1 atom stereocenters. The molecule has 12 heteroatoms. The zero-order chi connectivity index (χ0) is 27.1. The molecule has 0 bridgehead atoms. The first kappa shape index (κ1) is 25.6. The van der Waals surface area contributed by atoms with Crippen LogP contribution in [0.4, 0.5) is 17.5 Å². The number of anilines is 3. The van der Waals surface area contributed by atoms with Gasteiger partial charge in [-0.2, -0.15) is 5.10 Å². The third-order valence-electron chi connectivity index (χ3n) is 7.75. The van der Waals surface area contributed by atoms with Crippen LogP contribution in [0.1, 0.15) is 40.5 Å². The number of fused-ring (bicyclic) bond motifs is 1. The Morgan fingerprint density at radius 2 is 1.95 bits per heavy atom. The summed E-state index contributed by atoms with van der Waals surface area (Å²) in [4.78, 5) is 28.8. The van der Waals surface area contributed by atoms with Gasteiger partial charge in [0.1, 0.15) is 10.8 Å². The molecular weight excluding hydrogens is 534 g/mol.